The molecule has 0 aliphatic rings. The summed E-state index contributed by atoms with van der Waals surface area (Å²) in [6, 6.07) is 0. The highest BCUT2D eigenvalue weighted by molar-refractivity contribution is 5.36. The molecule has 2 nitrogen and oxygen atoms in total. The molecule has 1 unspecified atom stereocenters. The van der Waals surface area contributed by atoms with E-state index in [4.69, 9.17) is 0 Å². The fourth-order valence-electron chi connectivity index (χ4n) is 0.278. The molecule has 0 amide bonds. The molecule has 0 fully saturated rings. The number of halogens is 3. The first-order chi connectivity index (χ1) is 4.48. The zero-order chi connectivity index (χ0) is 8.20. The maximum atomic E-state index is 11.6. The number of carbonyl (C=O) groups is 1. The summed E-state index contributed by atoms with van der Waals surface area (Å²) in [5.41, 5.74) is 0. The molecule has 5 heteroatoms. The van der Waals surface area contributed by atoms with Crippen molar-refractivity contribution in [3.05, 3.63) is 0 Å². The summed E-state index contributed by atoms with van der Waals surface area (Å²) < 4.78 is 38.7. The molecule has 60 valence electrons. The Morgan fingerprint density at radius 1 is 1.60 bits per heavy atom. The van der Waals surface area contributed by atoms with Crippen molar-refractivity contribution in [2.45, 2.75) is 13.1 Å². The van der Waals surface area contributed by atoms with Gasteiger partial charge < -0.3 is 4.74 Å². The Hall–Kier alpha value is -0.740. The molecule has 0 heterocycles. The summed E-state index contributed by atoms with van der Waals surface area (Å²) >= 11 is 0. The Morgan fingerprint density at radius 3 is 2.40 bits per heavy atom. The van der Waals surface area contributed by atoms with Crippen molar-refractivity contribution in [1.29, 1.82) is 0 Å². The van der Waals surface area contributed by atoms with Crippen LogP contribution in [0, 0.1) is 5.92 Å². The average molecular weight is 156 g/mol. The third-order valence-corrected chi connectivity index (χ3v) is 0.973. The first-order valence-electron chi connectivity index (χ1n) is 2.60. The lowest BCUT2D eigenvalue weighted by Gasteiger charge is -2.13. The van der Waals surface area contributed by atoms with Crippen LogP contribution in [-0.2, 0) is 9.53 Å². The molecule has 0 aromatic carbocycles. The lowest BCUT2D eigenvalue weighted by atomic mass is 10.2. The highest BCUT2D eigenvalue weighted by Gasteiger charge is 2.36. The molecule has 0 aromatic heterocycles. The Kier molecular flexibility index (Phi) is 3.18. The van der Waals surface area contributed by atoms with Crippen molar-refractivity contribution in [2.24, 2.45) is 5.92 Å². The molecule has 10 heavy (non-hydrogen) atoms. The highest BCUT2D eigenvalue weighted by atomic mass is 19.4. The van der Waals surface area contributed by atoms with Gasteiger partial charge in [0.2, 0.25) is 0 Å². The predicted octanol–water partition coefficient (Wildman–Crippen LogP) is 1.36. The van der Waals surface area contributed by atoms with Crippen molar-refractivity contribution >= 4 is 6.47 Å². The van der Waals surface area contributed by atoms with E-state index in [0.29, 0.717) is 0 Å². The van der Waals surface area contributed by atoms with Gasteiger partial charge in [-0.2, -0.15) is 13.2 Å². The first-order valence-corrected chi connectivity index (χ1v) is 2.60. The van der Waals surface area contributed by atoms with Crippen molar-refractivity contribution in [1.82, 2.24) is 0 Å². The topological polar surface area (TPSA) is 26.3 Å². The largest absolute Gasteiger partial charge is 0.467 e. The molecule has 0 N–H and O–H groups in total. The van der Waals surface area contributed by atoms with Crippen LogP contribution in [0.2, 0.25) is 0 Å². The average Bonchev–Trinajstić information content (AvgIpc) is 1.80. The Bertz CT molecular complexity index is 110. The summed E-state index contributed by atoms with van der Waals surface area (Å²) in [6.45, 7) is 0.346. The number of carbonyl (C=O) groups excluding carboxylic acids is 1. The third-order valence-electron chi connectivity index (χ3n) is 0.973. The Labute approximate surface area is 56.0 Å². The van der Waals surface area contributed by atoms with Gasteiger partial charge in [0, 0.05) is 0 Å². The van der Waals surface area contributed by atoms with Crippen LogP contribution < -0.4 is 0 Å². The predicted molar refractivity (Wildman–Crippen MR) is 27.2 cm³/mol. The van der Waals surface area contributed by atoms with E-state index in [0.717, 1.165) is 6.92 Å². The molecule has 0 aromatic rings. The molecule has 0 rings (SSSR count). The lowest BCUT2D eigenvalue weighted by Crippen LogP contribution is -2.24. The van der Waals surface area contributed by atoms with Crippen molar-refractivity contribution < 1.29 is 22.7 Å². The molecule has 0 spiro atoms. The third kappa shape index (κ3) is 3.32. The summed E-state index contributed by atoms with van der Waals surface area (Å²) in [5.74, 6) is -1.59. The summed E-state index contributed by atoms with van der Waals surface area (Å²) in [6.07, 6.45) is -4.27. The van der Waals surface area contributed by atoms with Crippen LogP contribution in [0.1, 0.15) is 6.92 Å². The molecule has 0 saturated carbocycles. The van der Waals surface area contributed by atoms with E-state index in [1.165, 1.54) is 0 Å². The second kappa shape index (κ2) is 3.43. The van der Waals surface area contributed by atoms with Crippen LogP contribution >= 0.6 is 0 Å². The number of rotatable bonds is 3. The quantitative estimate of drug-likeness (QED) is 0.576. The van der Waals surface area contributed by atoms with Gasteiger partial charge >= 0.3 is 6.18 Å². The van der Waals surface area contributed by atoms with E-state index in [1.807, 2.05) is 0 Å². The van der Waals surface area contributed by atoms with Crippen LogP contribution in [0.25, 0.3) is 0 Å². The fourth-order valence-corrected chi connectivity index (χ4v) is 0.278. The maximum absolute atomic E-state index is 11.6. The molecule has 0 aliphatic carbocycles. The zero-order valence-corrected chi connectivity index (χ0v) is 5.31. The number of hydrogen-bond donors (Lipinski definition) is 0. The standard InChI is InChI=1S/C5H7F3O2/c1-4(2-10-3-9)5(6,7)8/h3-4H,2H2,1H3. The minimum absolute atomic E-state index is 0.00222. The minimum Gasteiger partial charge on any atom is -0.467 e. The molecular formula is C5H7F3O2. The van der Waals surface area contributed by atoms with Gasteiger partial charge in [-0.05, 0) is 0 Å². The summed E-state index contributed by atoms with van der Waals surface area (Å²) in [4.78, 5) is 9.45. The van der Waals surface area contributed by atoms with E-state index in [1.54, 1.807) is 0 Å². The van der Waals surface area contributed by atoms with Gasteiger partial charge in [0.15, 0.2) is 0 Å². The van der Waals surface area contributed by atoms with E-state index < -0.39 is 18.7 Å². The van der Waals surface area contributed by atoms with Crippen molar-refractivity contribution in [3.8, 4) is 0 Å². The van der Waals surface area contributed by atoms with Crippen LogP contribution in [0.15, 0.2) is 0 Å². The van der Waals surface area contributed by atoms with E-state index in [2.05, 4.69) is 4.74 Å². The van der Waals surface area contributed by atoms with Crippen molar-refractivity contribution in [2.75, 3.05) is 6.61 Å². The molecule has 0 bridgehead atoms. The second-order valence-electron chi connectivity index (χ2n) is 1.87. The normalized spacial score (nSPS) is 14.4. The summed E-state index contributed by atoms with van der Waals surface area (Å²) in [7, 11) is 0. The molecule has 0 saturated heterocycles. The Balaban J connectivity index is 3.61. The number of alkyl halides is 3. The smallest absolute Gasteiger partial charge is 0.394 e. The van der Waals surface area contributed by atoms with E-state index >= 15 is 0 Å². The fraction of sp³-hybridized carbons (Fsp3) is 0.800. The zero-order valence-electron chi connectivity index (χ0n) is 5.31. The van der Waals surface area contributed by atoms with Crippen LogP contribution in [0.5, 0.6) is 0 Å². The lowest BCUT2D eigenvalue weighted by molar-refractivity contribution is -0.182. The number of hydrogen-bond acceptors (Lipinski definition) is 2. The van der Waals surface area contributed by atoms with Crippen LogP contribution in [0.3, 0.4) is 0 Å². The van der Waals surface area contributed by atoms with E-state index in [-0.39, 0.29) is 6.47 Å². The first kappa shape index (κ1) is 9.26. The maximum Gasteiger partial charge on any atom is 0.394 e. The minimum atomic E-state index is -4.27. The van der Waals surface area contributed by atoms with Gasteiger partial charge in [-0.1, -0.05) is 6.92 Å². The van der Waals surface area contributed by atoms with Gasteiger partial charge in [0.25, 0.3) is 6.47 Å². The summed E-state index contributed by atoms with van der Waals surface area (Å²) in [5, 5.41) is 0. The number of ether oxygens (including phenoxy) is 1. The van der Waals surface area contributed by atoms with Gasteiger partial charge in [0.1, 0.15) is 6.61 Å². The SMILES string of the molecule is CC(COC=O)C(F)(F)F. The Morgan fingerprint density at radius 2 is 2.10 bits per heavy atom. The van der Waals surface area contributed by atoms with Crippen LogP contribution in [0.4, 0.5) is 13.2 Å². The van der Waals surface area contributed by atoms with Crippen molar-refractivity contribution in [3.63, 3.8) is 0 Å². The molecule has 0 radical (unpaired) electrons. The highest BCUT2D eigenvalue weighted by Crippen LogP contribution is 2.25. The second-order valence-corrected chi connectivity index (χ2v) is 1.87. The monoisotopic (exact) mass is 156 g/mol. The van der Waals surface area contributed by atoms with Gasteiger partial charge in [0.05, 0.1) is 5.92 Å². The molecule has 0 aliphatic heterocycles. The van der Waals surface area contributed by atoms with Gasteiger partial charge in [-0.25, -0.2) is 0 Å². The molecular weight excluding hydrogens is 149 g/mol. The van der Waals surface area contributed by atoms with Gasteiger partial charge in [-0.15, -0.1) is 0 Å². The molecule has 1 atom stereocenters. The van der Waals surface area contributed by atoms with Gasteiger partial charge in [-0.3, -0.25) is 4.79 Å². The van der Waals surface area contributed by atoms with Crippen LogP contribution in [-0.4, -0.2) is 19.3 Å². The van der Waals surface area contributed by atoms with E-state index in [9.17, 15) is 18.0 Å².